The van der Waals surface area contributed by atoms with E-state index in [2.05, 4.69) is 9.82 Å². The van der Waals surface area contributed by atoms with E-state index < -0.39 is 10.0 Å². The molecule has 8 heteroatoms. The summed E-state index contributed by atoms with van der Waals surface area (Å²) in [7, 11) is -1.72. The molecule has 1 N–H and O–H groups in total. The molecule has 2 heterocycles. The smallest absolute Gasteiger partial charge is 0.250 e. The maximum absolute atomic E-state index is 11.9. The zero-order valence-corrected chi connectivity index (χ0v) is 11.8. The van der Waals surface area contributed by atoms with Crippen molar-refractivity contribution < 1.29 is 8.42 Å². The molecular formula is C11H12N4O2S2. The molecule has 0 aromatic carbocycles. The number of nitrogens with zero attached hydrogens (tertiary/aromatic N) is 3. The van der Waals surface area contributed by atoms with Crippen molar-refractivity contribution in [2.24, 2.45) is 7.05 Å². The van der Waals surface area contributed by atoms with Crippen molar-refractivity contribution in [2.75, 3.05) is 6.54 Å². The number of hydrogen-bond donors (Lipinski definition) is 1. The van der Waals surface area contributed by atoms with Gasteiger partial charge in [0.1, 0.15) is 15.2 Å². The fourth-order valence-corrected chi connectivity index (χ4v) is 3.69. The van der Waals surface area contributed by atoms with Gasteiger partial charge in [0.15, 0.2) is 0 Å². The van der Waals surface area contributed by atoms with Gasteiger partial charge in [-0.25, -0.2) is 13.1 Å². The first-order chi connectivity index (χ1) is 9.01. The van der Waals surface area contributed by atoms with Gasteiger partial charge in [-0.3, -0.25) is 4.68 Å². The van der Waals surface area contributed by atoms with Gasteiger partial charge in [-0.1, -0.05) is 0 Å². The van der Waals surface area contributed by atoms with Crippen LogP contribution in [-0.2, 0) is 23.5 Å². The van der Waals surface area contributed by atoms with Crippen molar-refractivity contribution >= 4 is 21.4 Å². The molecule has 0 aliphatic heterocycles. The van der Waals surface area contributed by atoms with Gasteiger partial charge in [-0.05, 0) is 18.2 Å². The molecule has 0 bridgehead atoms. The monoisotopic (exact) mass is 296 g/mol. The van der Waals surface area contributed by atoms with Crippen LogP contribution in [-0.4, -0.2) is 24.7 Å². The van der Waals surface area contributed by atoms with E-state index in [4.69, 9.17) is 5.26 Å². The molecule has 100 valence electrons. The van der Waals surface area contributed by atoms with Gasteiger partial charge in [0.05, 0.1) is 5.69 Å². The minimum Gasteiger partial charge on any atom is -0.276 e. The highest BCUT2D eigenvalue weighted by Gasteiger charge is 2.16. The normalized spacial score (nSPS) is 11.4. The number of nitriles is 1. The summed E-state index contributed by atoms with van der Waals surface area (Å²) < 4.78 is 28.2. The summed E-state index contributed by atoms with van der Waals surface area (Å²) in [4.78, 5) is 0.380. The van der Waals surface area contributed by atoms with Crippen molar-refractivity contribution in [3.05, 3.63) is 35.0 Å². The lowest BCUT2D eigenvalue weighted by atomic mass is 10.3. The molecule has 6 nitrogen and oxygen atoms in total. The highest BCUT2D eigenvalue weighted by Crippen LogP contribution is 2.20. The topological polar surface area (TPSA) is 87.8 Å². The summed E-state index contributed by atoms with van der Waals surface area (Å²) in [6.45, 7) is 0.277. The second-order valence-electron chi connectivity index (χ2n) is 3.86. The van der Waals surface area contributed by atoms with E-state index in [0.717, 1.165) is 17.0 Å². The highest BCUT2D eigenvalue weighted by molar-refractivity contribution is 7.91. The van der Waals surface area contributed by atoms with Crippen LogP contribution in [0.3, 0.4) is 0 Å². The summed E-state index contributed by atoms with van der Waals surface area (Å²) in [6, 6.07) is 6.69. The van der Waals surface area contributed by atoms with Crippen LogP contribution >= 0.6 is 11.3 Å². The van der Waals surface area contributed by atoms with Crippen molar-refractivity contribution in [1.82, 2.24) is 14.5 Å². The van der Waals surface area contributed by atoms with Crippen LogP contribution in [0, 0.1) is 11.3 Å². The molecule has 2 aromatic heterocycles. The predicted molar refractivity (Wildman–Crippen MR) is 71.1 cm³/mol. The summed E-state index contributed by atoms with van der Waals surface area (Å²) in [5, 5.41) is 12.8. The molecule has 2 rings (SSSR count). The fourth-order valence-electron chi connectivity index (χ4n) is 1.51. The van der Waals surface area contributed by atoms with Crippen LogP contribution in [0.25, 0.3) is 0 Å². The van der Waals surface area contributed by atoms with Crippen LogP contribution in [0.5, 0.6) is 0 Å². The maximum atomic E-state index is 11.9. The fraction of sp³-hybridized carbons (Fsp3) is 0.273. The van der Waals surface area contributed by atoms with Crippen LogP contribution in [0.2, 0.25) is 0 Å². The minimum absolute atomic E-state index is 0.157. The van der Waals surface area contributed by atoms with Crippen molar-refractivity contribution in [3.63, 3.8) is 0 Å². The zero-order chi connectivity index (χ0) is 13.9. The Bertz CT molecular complexity index is 709. The molecule has 0 amide bonds. The van der Waals surface area contributed by atoms with Crippen LogP contribution in [0.4, 0.5) is 0 Å². The van der Waals surface area contributed by atoms with Gasteiger partial charge in [-0.2, -0.15) is 10.4 Å². The Morgan fingerprint density at radius 3 is 2.84 bits per heavy atom. The number of sulfonamides is 1. The first kappa shape index (κ1) is 13.7. The molecule has 0 radical (unpaired) electrons. The molecule has 0 fully saturated rings. The standard InChI is InChI=1S/C11H12N4O2S2/c1-15-7-5-9(14-15)4-6-13-19(16,17)11-3-2-10(8-12)18-11/h2-3,5,7,13H,4,6H2,1H3. The van der Waals surface area contributed by atoms with Gasteiger partial charge in [0, 0.05) is 26.2 Å². The average molecular weight is 296 g/mol. The lowest BCUT2D eigenvalue weighted by molar-refractivity contribution is 0.583. The predicted octanol–water partition coefficient (Wildman–Crippen LogP) is 0.874. The Kier molecular flexibility index (Phi) is 3.99. The number of nitrogens with one attached hydrogen (secondary N) is 1. The largest absolute Gasteiger partial charge is 0.276 e. The van der Waals surface area contributed by atoms with Crippen molar-refractivity contribution in [2.45, 2.75) is 10.6 Å². The van der Waals surface area contributed by atoms with E-state index in [1.54, 1.807) is 4.68 Å². The van der Waals surface area contributed by atoms with Gasteiger partial charge in [0.2, 0.25) is 10.0 Å². The zero-order valence-electron chi connectivity index (χ0n) is 10.2. The summed E-state index contributed by atoms with van der Waals surface area (Å²) >= 11 is 0.959. The van der Waals surface area contributed by atoms with E-state index in [9.17, 15) is 8.42 Å². The number of aromatic nitrogens is 2. The molecule has 0 saturated carbocycles. The van der Waals surface area contributed by atoms with Crippen LogP contribution < -0.4 is 4.72 Å². The molecule has 0 aliphatic rings. The van der Waals surface area contributed by atoms with Gasteiger partial charge < -0.3 is 0 Å². The van der Waals surface area contributed by atoms with Crippen LogP contribution in [0.15, 0.2) is 28.6 Å². The number of rotatable bonds is 5. The second kappa shape index (κ2) is 5.52. The minimum atomic E-state index is -3.53. The highest BCUT2D eigenvalue weighted by atomic mass is 32.2. The van der Waals surface area contributed by atoms with E-state index >= 15 is 0 Å². The van der Waals surface area contributed by atoms with Gasteiger partial charge in [-0.15, -0.1) is 11.3 Å². The third kappa shape index (κ3) is 3.41. The Morgan fingerprint density at radius 1 is 1.47 bits per heavy atom. The van der Waals surface area contributed by atoms with Crippen molar-refractivity contribution in [1.29, 1.82) is 5.26 Å². The number of aryl methyl sites for hydroxylation is 1. The Labute approximate surface area is 115 Å². The number of thiophene rings is 1. The van der Waals surface area contributed by atoms with E-state index in [1.165, 1.54) is 12.1 Å². The Hall–Kier alpha value is -1.69. The molecule has 2 aromatic rings. The third-order valence-corrected chi connectivity index (χ3v) is 5.34. The van der Waals surface area contributed by atoms with Crippen LogP contribution in [0.1, 0.15) is 10.6 Å². The summed E-state index contributed by atoms with van der Waals surface area (Å²) in [5.41, 5.74) is 0.828. The van der Waals surface area contributed by atoms with Gasteiger partial charge in [0.25, 0.3) is 0 Å². The first-order valence-corrected chi connectivity index (χ1v) is 7.79. The Morgan fingerprint density at radius 2 is 2.26 bits per heavy atom. The summed E-state index contributed by atoms with van der Waals surface area (Å²) in [5.74, 6) is 0. The molecular weight excluding hydrogens is 284 g/mol. The lowest BCUT2D eigenvalue weighted by Crippen LogP contribution is -2.25. The first-order valence-electron chi connectivity index (χ1n) is 5.49. The number of hydrogen-bond acceptors (Lipinski definition) is 5. The molecule has 0 aliphatic carbocycles. The maximum Gasteiger partial charge on any atom is 0.250 e. The third-order valence-electron chi connectivity index (χ3n) is 2.40. The Balaban J connectivity index is 1.96. The molecule has 0 unspecified atom stereocenters. The van der Waals surface area contributed by atoms with Gasteiger partial charge >= 0.3 is 0 Å². The lowest BCUT2D eigenvalue weighted by Gasteiger charge is -2.02. The van der Waals surface area contributed by atoms with Crippen molar-refractivity contribution in [3.8, 4) is 6.07 Å². The van der Waals surface area contributed by atoms with E-state index in [-0.39, 0.29) is 10.8 Å². The molecule has 19 heavy (non-hydrogen) atoms. The average Bonchev–Trinajstić information content (AvgIpc) is 2.98. The van der Waals surface area contributed by atoms with E-state index in [1.807, 2.05) is 25.4 Å². The molecule has 0 saturated heterocycles. The molecule has 0 spiro atoms. The van der Waals surface area contributed by atoms with E-state index in [0.29, 0.717) is 11.3 Å². The quantitative estimate of drug-likeness (QED) is 0.887. The summed E-state index contributed by atoms with van der Waals surface area (Å²) in [6.07, 6.45) is 2.33. The SMILES string of the molecule is Cn1ccc(CCNS(=O)(=O)c2ccc(C#N)s2)n1. The molecule has 0 atom stereocenters. The second-order valence-corrected chi connectivity index (χ2v) is 6.94.